The van der Waals surface area contributed by atoms with E-state index in [9.17, 15) is 22.4 Å². The number of alkyl halides is 4. The van der Waals surface area contributed by atoms with Gasteiger partial charge in [0, 0.05) is 11.3 Å². The Balaban J connectivity index is 2.83. The Morgan fingerprint density at radius 1 is 1.40 bits per heavy atom. The second-order valence-corrected chi connectivity index (χ2v) is 4.60. The van der Waals surface area contributed by atoms with Gasteiger partial charge in [-0.1, -0.05) is 13.8 Å². The lowest BCUT2D eigenvalue weighted by molar-refractivity contribution is -0.123. The molecule has 0 fully saturated rings. The Morgan fingerprint density at radius 3 is 2.50 bits per heavy atom. The molecule has 1 aromatic heterocycles. The van der Waals surface area contributed by atoms with E-state index in [4.69, 9.17) is 5.73 Å². The number of halogens is 4. The van der Waals surface area contributed by atoms with Crippen LogP contribution in [0.15, 0.2) is 12.1 Å². The Bertz CT molecular complexity index is 492. The number of hydrogen-bond acceptors (Lipinski definition) is 3. The molecule has 0 aliphatic carbocycles. The lowest BCUT2D eigenvalue weighted by atomic mass is 10.1. The van der Waals surface area contributed by atoms with Crippen LogP contribution in [0, 0.1) is 0 Å². The summed E-state index contributed by atoms with van der Waals surface area (Å²) in [5.41, 5.74) is 6.02. The van der Waals surface area contributed by atoms with Gasteiger partial charge in [0.05, 0.1) is 6.54 Å². The molecule has 8 heteroatoms. The summed E-state index contributed by atoms with van der Waals surface area (Å²) in [6.45, 7) is 2.19. The molecule has 112 valence electrons. The van der Waals surface area contributed by atoms with Crippen molar-refractivity contribution in [1.82, 2.24) is 10.3 Å². The molecule has 20 heavy (non-hydrogen) atoms. The normalized spacial score (nSPS) is 12.0. The minimum Gasteiger partial charge on any atom is -0.384 e. The van der Waals surface area contributed by atoms with Crippen LogP contribution in [-0.2, 0) is 0 Å². The van der Waals surface area contributed by atoms with Crippen molar-refractivity contribution in [2.75, 3.05) is 12.3 Å². The predicted molar refractivity (Wildman–Crippen MR) is 66.0 cm³/mol. The SMILES string of the molecule is CC(C)c1cc(C(=O)NCC(F)(F)C(F)F)cc(N)n1. The van der Waals surface area contributed by atoms with Gasteiger partial charge in [0.1, 0.15) is 5.82 Å². The molecule has 0 radical (unpaired) electrons. The summed E-state index contributed by atoms with van der Waals surface area (Å²) in [5, 5.41) is 1.76. The number of hydrogen-bond donors (Lipinski definition) is 2. The number of aromatic nitrogens is 1. The lowest BCUT2D eigenvalue weighted by Crippen LogP contribution is -2.41. The number of amides is 1. The van der Waals surface area contributed by atoms with Crippen molar-refractivity contribution in [1.29, 1.82) is 0 Å². The summed E-state index contributed by atoms with van der Waals surface area (Å²) in [6, 6.07) is 2.58. The number of carbonyl (C=O) groups is 1. The molecule has 1 amide bonds. The van der Waals surface area contributed by atoms with Crippen LogP contribution in [0.5, 0.6) is 0 Å². The van der Waals surface area contributed by atoms with Gasteiger partial charge >= 0.3 is 12.3 Å². The van der Waals surface area contributed by atoms with Crippen LogP contribution in [0.2, 0.25) is 0 Å². The van der Waals surface area contributed by atoms with Gasteiger partial charge in [-0.3, -0.25) is 4.79 Å². The summed E-state index contributed by atoms with van der Waals surface area (Å²) in [4.78, 5) is 15.7. The van der Waals surface area contributed by atoms with Gasteiger partial charge < -0.3 is 11.1 Å². The maximum absolute atomic E-state index is 12.7. The lowest BCUT2D eigenvalue weighted by Gasteiger charge is -2.16. The first-order valence-electron chi connectivity index (χ1n) is 5.85. The van der Waals surface area contributed by atoms with E-state index in [0.29, 0.717) is 5.69 Å². The van der Waals surface area contributed by atoms with Gasteiger partial charge in [-0.15, -0.1) is 0 Å². The number of nitrogens with one attached hydrogen (secondary N) is 1. The molecule has 1 heterocycles. The van der Waals surface area contributed by atoms with Crippen molar-refractivity contribution >= 4 is 11.7 Å². The number of rotatable bonds is 5. The first kappa shape index (κ1) is 16.2. The molecule has 0 aliphatic heterocycles. The highest BCUT2D eigenvalue weighted by Gasteiger charge is 2.40. The highest BCUT2D eigenvalue weighted by atomic mass is 19.3. The van der Waals surface area contributed by atoms with Crippen LogP contribution in [0.25, 0.3) is 0 Å². The van der Waals surface area contributed by atoms with E-state index < -0.39 is 24.8 Å². The highest BCUT2D eigenvalue weighted by molar-refractivity contribution is 5.95. The van der Waals surface area contributed by atoms with Crippen LogP contribution in [-0.4, -0.2) is 29.8 Å². The van der Waals surface area contributed by atoms with Gasteiger partial charge in [0.25, 0.3) is 5.91 Å². The van der Waals surface area contributed by atoms with E-state index >= 15 is 0 Å². The third-order valence-electron chi connectivity index (χ3n) is 2.52. The van der Waals surface area contributed by atoms with Gasteiger partial charge in [0.2, 0.25) is 0 Å². The first-order valence-corrected chi connectivity index (χ1v) is 5.85. The van der Waals surface area contributed by atoms with Crippen LogP contribution in [0.3, 0.4) is 0 Å². The number of nitrogens with two attached hydrogens (primary N) is 1. The van der Waals surface area contributed by atoms with Crippen LogP contribution >= 0.6 is 0 Å². The average molecular weight is 293 g/mol. The highest BCUT2D eigenvalue weighted by Crippen LogP contribution is 2.22. The molecular formula is C12H15F4N3O. The van der Waals surface area contributed by atoms with E-state index in [-0.39, 0.29) is 17.3 Å². The summed E-state index contributed by atoms with van der Waals surface area (Å²) >= 11 is 0. The zero-order chi connectivity index (χ0) is 15.5. The van der Waals surface area contributed by atoms with Crippen molar-refractivity contribution in [2.45, 2.75) is 32.1 Å². The van der Waals surface area contributed by atoms with Crippen LogP contribution in [0.4, 0.5) is 23.4 Å². The molecule has 0 saturated carbocycles. The maximum Gasteiger partial charge on any atom is 0.324 e. The number of pyridine rings is 1. The van der Waals surface area contributed by atoms with Crippen molar-refractivity contribution in [3.05, 3.63) is 23.4 Å². The van der Waals surface area contributed by atoms with Gasteiger partial charge in [0.15, 0.2) is 0 Å². The smallest absolute Gasteiger partial charge is 0.324 e. The number of carbonyl (C=O) groups excluding carboxylic acids is 1. The maximum atomic E-state index is 12.7. The standard InChI is InChI=1S/C12H15F4N3O/c1-6(2)8-3-7(4-9(17)19-8)10(20)18-5-12(15,16)11(13)14/h3-4,6,11H,5H2,1-2H3,(H2,17,19)(H,18,20). The zero-order valence-electron chi connectivity index (χ0n) is 11.0. The second-order valence-electron chi connectivity index (χ2n) is 4.60. The number of anilines is 1. The van der Waals surface area contributed by atoms with E-state index in [0.717, 1.165) is 0 Å². The van der Waals surface area contributed by atoms with E-state index in [1.165, 1.54) is 12.1 Å². The van der Waals surface area contributed by atoms with Gasteiger partial charge in [-0.05, 0) is 18.1 Å². The van der Waals surface area contributed by atoms with Crippen molar-refractivity contribution in [3.63, 3.8) is 0 Å². The molecule has 0 saturated heterocycles. The summed E-state index contributed by atoms with van der Waals surface area (Å²) in [5.74, 6) is -5.13. The fraction of sp³-hybridized carbons (Fsp3) is 0.500. The summed E-state index contributed by atoms with van der Waals surface area (Å²) < 4.78 is 49.4. The molecule has 1 aromatic rings. The Labute approximate surface area is 113 Å². The first-order chi connectivity index (χ1) is 9.13. The third-order valence-corrected chi connectivity index (χ3v) is 2.52. The van der Waals surface area contributed by atoms with Crippen molar-refractivity contribution in [2.24, 2.45) is 0 Å². The summed E-state index contributed by atoms with van der Waals surface area (Å²) in [7, 11) is 0. The molecule has 0 bridgehead atoms. The predicted octanol–water partition coefficient (Wildman–Crippen LogP) is 2.42. The molecule has 4 nitrogen and oxygen atoms in total. The number of nitrogens with zero attached hydrogens (tertiary/aromatic N) is 1. The van der Waals surface area contributed by atoms with E-state index in [1.54, 1.807) is 5.32 Å². The molecular weight excluding hydrogens is 278 g/mol. The minimum atomic E-state index is -4.27. The third kappa shape index (κ3) is 4.07. The Morgan fingerprint density at radius 2 is 2.00 bits per heavy atom. The second kappa shape index (κ2) is 6.06. The van der Waals surface area contributed by atoms with Crippen molar-refractivity contribution in [3.8, 4) is 0 Å². The minimum absolute atomic E-state index is 0.00580. The zero-order valence-corrected chi connectivity index (χ0v) is 11.0. The Hall–Kier alpha value is -1.86. The van der Waals surface area contributed by atoms with Crippen LogP contribution in [0.1, 0.15) is 35.8 Å². The molecule has 0 atom stereocenters. The van der Waals surface area contributed by atoms with Gasteiger partial charge in [-0.25, -0.2) is 13.8 Å². The molecule has 0 aliphatic rings. The molecule has 1 rings (SSSR count). The molecule has 0 unspecified atom stereocenters. The monoisotopic (exact) mass is 293 g/mol. The average Bonchev–Trinajstić information content (AvgIpc) is 2.35. The molecule has 0 aromatic carbocycles. The quantitative estimate of drug-likeness (QED) is 0.819. The van der Waals surface area contributed by atoms with E-state index in [1.807, 2.05) is 13.8 Å². The summed E-state index contributed by atoms with van der Waals surface area (Å²) in [6.07, 6.45) is -3.84. The Kier molecular flexibility index (Phi) is 4.91. The fourth-order valence-electron chi connectivity index (χ4n) is 1.38. The topological polar surface area (TPSA) is 68.0 Å². The van der Waals surface area contributed by atoms with Crippen molar-refractivity contribution < 1.29 is 22.4 Å². The largest absolute Gasteiger partial charge is 0.384 e. The number of nitrogen functional groups attached to an aromatic ring is 1. The van der Waals surface area contributed by atoms with Gasteiger partial charge in [-0.2, -0.15) is 8.78 Å². The van der Waals surface area contributed by atoms with E-state index in [2.05, 4.69) is 4.98 Å². The van der Waals surface area contributed by atoms with Crippen LogP contribution < -0.4 is 11.1 Å². The molecule has 3 N–H and O–H groups in total. The fourth-order valence-corrected chi connectivity index (χ4v) is 1.38. The molecule has 0 spiro atoms.